The highest BCUT2D eigenvalue weighted by atomic mass is 35.5. The predicted molar refractivity (Wildman–Crippen MR) is 115 cm³/mol. The molecule has 10 heteroatoms. The van der Waals surface area contributed by atoms with E-state index in [1.807, 2.05) is 31.2 Å². The molecule has 3 aromatic rings. The molecule has 0 saturated carbocycles. The Labute approximate surface area is 170 Å². The highest BCUT2D eigenvalue weighted by Gasteiger charge is 2.17. The van der Waals surface area contributed by atoms with E-state index >= 15 is 0 Å². The molecule has 0 saturated heterocycles. The molecule has 0 bridgehead atoms. The Morgan fingerprint density at radius 1 is 1.19 bits per heavy atom. The van der Waals surface area contributed by atoms with Gasteiger partial charge in [-0.1, -0.05) is 18.2 Å². The van der Waals surface area contributed by atoms with Crippen LogP contribution in [-0.4, -0.2) is 33.6 Å². The molecular weight excluding hydrogens is 389 g/mol. The first-order valence-corrected chi connectivity index (χ1v) is 8.28. The van der Waals surface area contributed by atoms with Crippen molar-refractivity contribution in [3.8, 4) is 0 Å². The molecule has 0 aliphatic carbocycles. The summed E-state index contributed by atoms with van der Waals surface area (Å²) < 4.78 is 7.71. The van der Waals surface area contributed by atoms with Gasteiger partial charge in [-0.2, -0.15) is 0 Å². The molecule has 0 amide bonds. The van der Waals surface area contributed by atoms with Gasteiger partial charge in [0.15, 0.2) is 11.8 Å². The molecule has 2 heterocycles. The number of benzene rings is 1. The summed E-state index contributed by atoms with van der Waals surface area (Å²) >= 11 is 0. The predicted octanol–water partition coefficient (Wildman–Crippen LogP) is 2.21. The standard InChI is InChI=1S/C17H23N7O.2ClH/c1-2-25-10-13-23-14-15(24(13)9-5-8-21-17(19)20)11-6-3-4-7-12(11)22-16(14)18;;/h3-4,6-7H,2,5,8-10H2,1H3,(H2,18,22)(H4,19,20,21);2*1H. The first-order valence-electron chi connectivity index (χ1n) is 8.28. The van der Waals surface area contributed by atoms with E-state index in [-0.39, 0.29) is 30.8 Å². The zero-order valence-electron chi connectivity index (χ0n) is 15.1. The van der Waals surface area contributed by atoms with Gasteiger partial charge in [0, 0.05) is 25.1 Å². The number of aromatic nitrogens is 3. The Balaban J connectivity index is 0.00000182. The molecule has 148 valence electrons. The number of fused-ring (bicyclic) bond motifs is 3. The maximum atomic E-state index is 6.15. The molecular formula is C17H25Cl2N7O. The third-order valence-electron chi connectivity index (χ3n) is 3.96. The third-order valence-corrected chi connectivity index (χ3v) is 3.96. The Morgan fingerprint density at radius 3 is 2.63 bits per heavy atom. The molecule has 0 fully saturated rings. The molecule has 6 N–H and O–H groups in total. The number of nitrogen functional groups attached to an aromatic ring is 1. The minimum atomic E-state index is 0. The molecule has 27 heavy (non-hydrogen) atoms. The summed E-state index contributed by atoms with van der Waals surface area (Å²) in [7, 11) is 0. The fourth-order valence-corrected chi connectivity index (χ4v) is 2.89. The van der Waals surface area contributed by atoms with Crippen LogP contribution >= 0.6 is 24.8 Å². The first kappa shape index (κ1) is 22.8. The molecule has 2 aromatic heterocycles. The van der Waals surface area contributed by atoms with E-state index in [2.05, 4.69) is 19.5 Å². The molecule has 0 unspecified atom stereocenters. The Hall–Kier alpha value is -2.29. The Bertz CT molecular complexity index is 922. The minimum Gasteiger partial charge on any atom is -0.382 e. The fraction of sp³-hybridized carbons (Fsp3) is 0.353. The van der Waals surface area contributed by atoms with Gasteiger partial charge < -0.3 is 26.5 Å². The lowest BCUT2D eigenvalue weighted by Gasteiger charge is -2.10. The van der Waals surface area contributed by atoms with E-state index in [9.17, 15) is 0 Å². The average molecular weight is 414 g/mol. The summed E-state index contributed by atoms with van der Waals surface area (Å²) in [6.07, 6.45) is 0.777. The van der Waals surface area contributed by atoms with Crippen LogP contribution in [0.15, 0.2) is 29.3 Å². The van der Waals surface area contributed by atoms with Crippen LogP contribution in [0.3, 0.4) is 0 Å². The second-order valence-electron chi connectivity index (χ2n) is 5.69. The lowest BCUT2D eigenvalue weighted by Crippen LogP contribution is -2.23. The van der Waals surface area contributed by atoms with Gasteiger partial charge in [-0.05, 0) is 19.4 Å². The van der Waals surface area contributed by atoms with Crippen molar-refractivity contribution in [2.24, 2.45) is 16.5 Å². The van der Waals surface area contributed by atoms with Gasteiger partial charge >= 0.3 is 0 Å². The van der Waals surface area contributed by atoms with Gasteiger partial charge in [-0.25, -0.2) is 9.97 Å². The number of aryl methyl sites for hydroxylation is 1. The highest BCUT2D eigenvalue weighted by Crippen LogP contribution is 2.29. The number of pyridine rings is 1. The number of para-hydroxylation sites is 1. The molecule has 0 aliphatic heterocycles. The smallest absolute Gasteiger partial charge is 0.185 e. The Morgan fingerprint density at radius 2 is 1.93 bits per heavy atom. The van der Waals surface area contributed by atoms with Crippen molar-refractivity contribution in [1.29, 1.82) is 0 Å². The quantitative estimate of drug-likeness (QED) is 0.309. The number of hydrogen-bond donors (Lipinski definition) is 3. The lowest BCUT2D eigenvalue weighted by molar-refractivity contribution is 0.126. The normalized spacial score (nSPS) is 10.4. The van der Waals surface area contributed by atoms with Crippen LogP contribution in [0.25, 0.3) is 21.9 Å². The topological polar surface area (TPSA) is 130 Å². The molecule has 1 aromatic carbocycles. The maximum Gasteiger partial charge on any atom is 0.185 e. The van der Waals surface area contributed by atoms with Gasteiger partial charge in [-0.3, -0.25) is 4.99 Å². The van der Waals surface area contributed by atoms with E-state index in [4.69, 9.17) is 21.9 Å². The number of rotatable bonds is 7. The van der Waals surface area contributed by atoms with Crippen molar-refractivity contribution in [3.63, 3.8) is 0 Å². The first-order chi connectivity index (χ1) is 12.1. The van der Waals surface area contributed by atoms with Crippen LogP contribution in [-0.2, 0) is 17.9 Å². The number of ether oxygens (including phenoxy) is 1. The van der Waals surface area contributed by atoms with Crippen molar-refractivity contribution in [1.82, 2.24) is 14.5 Å². The van der Waals surface area contributed by atoms with Crippen LogP contribution in [0.4, 0.5) is 5.82 Å². The summed E-state index contributed by atoms with van der Waals surface area (Å²) in [6.45, 7) is 4.25. The van der Waals surface area contributed by atoms with Crippen molar-refractivity contribution in [2.45, 2.75) is 26.5 Å². The average Bonchev–Trinajstić information content (AvgIpc) is 2.96. The molecule has 0 radical (unpaired) electrons. The van der Waals surface area contributed by atoms with E-state index in [0.717, 1.165) is 28.7 Å². The van der Waals surface area contributed by atoms with Gasteiger partial charge in [-0.15, -0.1) is 24.8 Å². The van der Waals surface area contributed by atoms with E-state index in [1.165, 1.54) is 0 Å². The van der Waals surface area contributed by atoms with Crippen molar-refractivity contribution in [2.75, 3.05) is 18.9 Å². The van der Waals surface area contributed by atoms with E-state index < -0.39 is 0 Å². The molecule has 0 atom stereocenters. The van der Waals surface area contributed by atoms with Crippen LogP contribution in [0.5, 0.6) is 0 Å². The summed E-state index contributed by atoms with van der Waals surface area (Å²) in [4.78, 5) is 13.2. The van der Waals surface area contributed by atoms with Crippen molar-refractivity contribution >= 4 is 58.5 Å². The van der Waals surface area contributed by atoms with Crippen LogP contribution < -0.4 is 17.2 Å². The number of anilines is 1. The number of guanidine groups is 1. The Kier molecular flexibility index (Phi) is 8.55. The number of hydrogen-bond acceptors (Lipinski definition) is 5. The fourth-order valence-electron chi connectivity index (χ4n) is 2.89. The molecule has 0 aliphatic rings. The van der Waals surface area contributed by atoms with Crippen molar-refractivity contribution in [3.05, 3.63) is 30.1 Å². The number of imidazole rings is 1. The van der Waals surface area contributed by atoms with Gasteiger partial charge in [0.05, 0.1) is 11.0 Å². The van der Waals surface area contributed by atoms with Crippen LogP contribution in [0, 0.1) is 0 Å². The molecule has 3 rings (SSSR count). The van der Waals surface area contributed by atoms with Gasteiger partial charge in [0.25, 0.3) is 0 Å². The number of halogens is 2. The van der Waals surface area contributed by atoms with Crippen molar-refractivity contribution < 1.29 is 4.74 Å². The number of nitrogens with two attached hydrogens (primary N) is 3. The summed E-state index contributed by atoms with van der Waals surface area (Å²) in [6, 6.07) is 7.91. The summed E-state index contributed by atoms with van der Waals surface area (Å²) in [5.41, 5.74) is 19.5. The SMILES string of the molecule is CCOCc1nc2c(N)nc3ccccc3c2n1CCCN=C(N)N.Cl.Cl. The zero-order chi connectivity index (χ0) is 17.8. The monoisotopic (exact) mass is 413 g/mol. The minimum absolute atomic E-state index is 0. The summed E-state index contributed by atoms with van der Waals surface area (Å²) in [5.74, 6) is 1.35. The number of nitrogens with zero attached hydrogens (tertiary/aromatic N) is 4. The lowest BCUT2D eigenvalue weighted by atomic mass is 10.2. The van der Waals surface area contributed by atoms with Crippen LogP contribution in [0.1, 0.15) is 19.2 Å². The molecule has 8 nitrogen and oxygen atoms in total. The van der Waals surface area contributed by atoms with Gasteiger partial charge in [0.1, 0.15) is 17.9 Å². The second kappa shape index (κ2) is 10.1. The van der Waals surface area contributed by atoms with Crippen LogP contribution in [0.2, 0.25) is 0 Å². The largest absolute Gasteiger partial charge is 0.382 e. The number of aliphatic imine (C=N–C) groups is 1. The maximum absolute atomic E-state index is 6.15. The zero-order valence-corrected chi connectivity index (χ0v) is 16.7. The molecule has 0 spiro atoms. The van der Waals surface area contributed by atoms with E-state index in [1.54, 1.807) is 0 Å². The second-order valence-corrected chi connectivity index (χ2v) is 5.69. The highest BCUT2D eigenvalue weighted by molar-refractivity contribution is 6.06. The third kappa shape index (κ3) is 4.91. The van der Waals surface area contributed by atoms with Gasteiger partial charge in [0.2, 0.25) is 0 Å². The van der Waals surface area contributed by atoms with E-state index in [0.29, 0.717) is 37.6 Å². The summed E-state index contributed by atoms with van der Waals surface area (Å²) in [5, 5.41) is 1.02.